The van der Waals surface area contributed by atoms with E-state index in [-0.39, 0.29) is 37.5 Å². The van der Waals surface area contributed by atoms with Gasteiger partial charge in [0.2, 0.25) is 0 Å². The summed E-state index contributed by atoms with van der Waals surface area (Å²) in [4.78, 5) is 38.1. The summed E-state index contributed by atoms with van der Waals surface area (Å²) in [6.45, 7) is 6.32. The maximum Gasteiger partial charge on any atom is 0.306 e. The van der Waals surface area contributed by atoms with Gasteiger partial charge in [-0.1, -0.05) is 212 Å². The molecule has 0 amide bonds. The van der Waals surface area contributed by atoms with Gasteiger partial charge in [-0.2, -0.15) is 0 Å². The SMILES string of the molecule is CC/C=C\C/C=C\C/C=C\C/C=C\C/C=C\C/C=C\CCCCCCC(=O)OCC(COC(=O)CCCCCCC/C=C\CCCCCCC)OC(=O)CCCC/C=C\C/C=C\C/C=C\C/C=C\CC. The van der Waals surface area contributed by atoms with Crippen LogP contribution in [-0.4, -0.2) is 37.2 Å². The van der Waals surface area contributed by atoms with Crippen LogP contribution in [0.1, 0.15) is 233 Å². The van der Waals surface area contributed by atoms with Gasteiger partial charge in [-0.05, 0) is 135 Å². The zero-order chi connectivity index (χ0) is 50.7. The number of carbonyl (C=O) groups is 3. The molecule has 0 saturated carbocycles. The molecule has 0 aliphatic heterocycles. The van der Waals surface area contributed by atoms with E-state index in [1.54, 1.807) is 0 Å². The van der Waals surface area contributed by atoms with Crippen molar-refractivity contribution in [2.75, 3.05) is 13.2 Å². The first-order valence-corrected chi connectivity index (χ1v) is 28.2. The van der Waals surface area contributed by atoms with Crippen molar-refractivity contribution in [3.8, 4) is 0 Å². The van der Waals surface area contributed by atoms with Crippen LogP contribution in [0.15, 0.2) is 134 Å². The highest BCUT2D eigenvalue weighted by Gasteiger charge is 2.19. The Labute approximate surface area is 430 Å². The van der Waals surface area contributed by atoms with Crippen LogP contribution in [-0.2, 0) is 28.6 Å². The molecule has 0 aliphatic rings. The standard InChI is InChI=1S/C64H102O6/c1-4-7-10-13-16-19-22-25-28-29-30-31-32-33-34-35-37-39-42-45-48-51-54-57-63(66)69-60-61(59-68-62(65)56-53-50-47-44-41-38-27-24-21-18-15-12-9-6-3)70-64(67)58-55-52-49-46-43-40-36-26-23-20-17-14-11-8-5-2/h7-8,10-11,16-17,19-20,24-28,30-31,33-34,36-37,39,43,46,61H,4-6,9,12-15,18,21-23,29,32,35,38,40-42,44-45,47-60H2,1-3H3/b10-7-,11-8-,19-16-,20-17-,27-24-,28-25-,31-30-,34-33-,36-26-,39-37-,46-43-. The molecule has 394 valence electrons. The van der Waals surface area contributed by atoms with Crippen molar-refractivity contribution < 1.29 is 28.6 Å². The van der Waals surface area contributed by atoms with Gasteiger partial charge in [0.15, 0.2) is 6.10 Å². The molecule has 0 heterocycles. The third-order valence-corrected chi connectivity index (χ3v) is 11.4. The Morgan fingerprint density at radius 3 is 0.914 bits per heavy atom. The topological polar surface area (TPSA) is 78.9 Å². The molecule has 0 fully saturated rings. The zero-order valence-electron chi connectivity index (χ0n) is 45.0. The minimum atomic E-state index is -0.819. The van der Waals surface area contributed by atoms with Crippen LogP contribution in [0.5, 0.6) is 0 Å². The van der Waals surface area contributed by atoms with Gasteiger partial charge in [0.05, 0.1) is 0 Å². The molecule has 0 rings (SSSR count). The Balaban J connectivity index is 4.50. The fourth-order valence-electron chi connectivity index (χ4n) is 7.19. The van der Waals surface area contributed by atoms with E-state index in [0.717, 1.165) is 141 Å². The van der Waals surface area contributed by atoms with Gasteiger partial charge >= 0.3 is 17.9 Å². The van der Waals surface area contributed by atoms with Gasteiger partial charge in [0.25, 0.3) is 0 Å². The van der Waals surface area contributed by atoms with Gasteiger partial charge in [-0.25, -0.2) is 0 Å². The number of hydrogen-bond donors (Lipinski definition) is 0. The number of unbranched alkanes of at least 4 members (excludes halogenated alkanes) is 16. The van der Waals surface area contributed by atoms with E-state index in [1.807, 2.05) is 0 Å². The minimum absolute atomic E-state index is 0.112. The molecule has 0 aromatic rings. The predicted molar refractivity (Wildman–Crippen MR) is 302 cm³/mol. The van der Waals surface area contributed by atoms with Crippen molar-refractivity contribution in [1.29, 1.82) is 0 Å². The molecule has 0 spiro atoms. The molecule has 1 atom stereocenters. The predicted octanol–water partition coefficient (Wildman–Crippen LogP) is 19.0. The van der Waals surface area contributed by atoms with Crippen molar-refractivity contribution in [3.05, 3.63) is 134 Å². The number of carbonyl (C=O) groups excluding carboxylic acids is 3. The van der Waals surface area contributed by atoms with Crippen molar-refractivity contribution in [3.63, 3.8) is 0 Å². The molecule has 6 nitrogen and oxygen atoms in total. The van der Waals surface area contributed by atoms with E-state index in [0.29, 0.717) is 19.3 Å². The van der Waals surface area contributed by atoms with Crippen LogP contribution in [0.3, 0.4) is 0 Å². The second kappa shape index (κ2) is 57.1. The molecule has 0 bridgehead atoms. The number of allylic oxidation sites excluding steroid dienone is 22. The van der Waals surface area contributed by atoms with E-state index < -0.39 is 6.10 Å². The average molecular weight is 968 g/mol. The lowest BCUT2D eigenvalue weighted by molar-refractivity contribution is -0.167. The summed E-state index contributed by atoms with van der Waals surface area (Å²) >= 11 is 0. The monoisotopic (exact) mass is 967 g/mol. The summed E-state index contributed by atoms with van der Waals surface area (Å²) in [6.07, 6.45) is 80.1. The maximum atomic E-state index is 12.8. The number of hydrogen-bond acceptors (Lipinski definition) is 6. The number of esters is 3. The van der Waals surface area contributed by atoms with E-state index in [1.165, 1.54) is 44.9 Å². The van der Waals surface area contributed by atoms with Crippen LogP contribution in [0.25, 0.3) is 0 Å². The van der Waals surface area contributed by atoms with E-state index in [2.05, 4.69) is 154 Å². The average Bonchev–Trinajstić information content (AvgIpc) is 3.36. The third-order valence-electron chi connectivity index (χ3n) is 11.4. The Bertz CT molecular complexity index is 1530. The second-order valence-corrected chi connectivity index (χ2v) is 18.1. The summed E-state index contributed by atoms with van der Waals surface area (Å²) in [7, 11) is 0. The van der Waals surface area contributed by atoms with Crippen molar-refractivity contribution in [2.45, 2.75) is 239 Å². The van der Waals surface area contributed by atoms with Gasteiger partial charge in [0, 0.05) is 19.3 Å². The van der Waals surface area contributed by atoms with Gasteiger partial charge in [-0.3, -0.25) is 14.4 Å². The lowest BCUT2D eigenvalue weighted by atomic mass is 10.1. The van der Waals surface area contributed by atoms with E-state index in [4.69, 9.17) is 14.2 Å². The van der Waals surface area contributed by atoms with E-state index in [9.17, 15) is 14.4 Å². The lowest BCUT2D eigenvalue weighted by Crippen LogP contribution is -2.30. The molecule has 0 aromatic carbocycles. The molecule has 70 heavy (non-hydrogen) atoms. The lowest BCUT2D eigenvalue weighted by Gasteiger charge is -2.18. The molecular formula is C64H102O6. The highest BCUT2D eigenvalue weighted by atomic mass is 16.6. The van der Waals surface area contributed by atoms with Crippen molar-refractivity contribution in [2.24, 2.45) is 0 Å². The second-order valence-electron chi connectivity index (χ2n) is 18.1. The van der Waals surface area contributed by atoms with Crippen LogP contribution >= 0.6 is 0 Å². The highest BCUT2D eigenvalue weighted by Crippen LogP contribution is 2.13. The van der Waals surface area contributed by atoms with Crippen LogP contribution in [0, 0.1) is 0 Å². The fourth-order valence-corrected chi connectivity index (χ4v) is 7.19. The fraction of sp³-hybridized carbons (Fsp3) is 0.609. The highest BCUT2D eigenvalue weighted by molar-refractivity contribution is 5.71. The van der Waals surface area contributed by atoms with Crippen LogP contribution in [0.4, 0.5) is 0 Å². The maximum absolute atomic E-state index is 12.8. The molecule has 0 radical (unpaired) electrons. The molecule has 6 heteroatoms. The quantitative estimate of drug-likeness (QED) is 0.0262. The molecule has 0 saturated heterocycles. The molecule has 0 N–H and O–H groups in total. The van der Waals surface area contributed by atoms with Gasteiger partial charge < -0.3 is 14.2 Å². The summed E-state index contributed by atoms with van der Waals surface area (Å²) in [5.41, 5.74) is 0. The zero-order valence-corrected chi connectivity index (χ0v) is 45.0. The minimum Gasteiger partial charge on any atom is -0.462 e. The molecule has 0 aliphatic carbocycles. The van der Waals surface area contributed by atoms with Crippen LogP contribution < -0.4 is 0 Å². The molecule has 1 unspecified atom stereocenters. The first kappa shape index (κ1) is 65.5. The summed E-state index contributed by atoms with van der Waals surface area (Å²) < 4.78 is 16.8. The molecule has 0 aromatic heterocycles. The van der Waals surface area contributed by atoms with Gasteiger partial charge in [-0.15, -0.1) is 0 Å². The summed E-state index contributed by atoms with van der Waals surface area (Å²) in [6, 6.07) is 0. The largest absolute Gasteiger partial charge is 0.462 e. The first-order chi connectivity index (χ1) is 34.5. The Morgan fingerprint density at radius 2 is 0.557 bits per heavy atom. The first-order valence-electron chi connectivity index (χ1n) is 28.2. The Kier molecular flexibility index (Phi) is 53.5. The normalized spacial score (nSPS) is 13.1. The molecular weight excluding hydrogens is 865 g/mol. The van der Waals surface area contributed by atoms with E-state index >= 15 is 0 Å². The summed E-state index contributed by atoms with van der Waals surface area (Å²) in [5.74, 6) is -0.993. The third kappa shape index (κ3) is 54.5. The summed E-state index contributed by atoms with van der Waals surface area (Å²) in [5, 5.41) is 0. The number of rotatable bonds is 49. The Morgan fingerprint density at radius 1 is 0.300 bits per heavy atom. The van der Waals surface area contributed by atoms with Crippen molar-refractivity contribution in [1.82, 2.24) is 0 Å². The van der Waals surface area contributed by atoms with Gasteiger partial charge in [0.1, 0.15) is 13.2 Å². The number of ether oxygens (including phenoxy) is 3. The smallest absolute Gasteiger partial charge is 0.306 e. The van der Waals surface area contributed by atoms with Crippen LogP contribution in [0.2, 0.25) is 0 Å². The van der Waals surface area contributed by atoms with Crippen molar-refractivity contribution >= 4 is 17.9 Å². The Hall–Kier alpha value is -4.45.